The second kappa shape index (κ2) is 22.4. The van der Waals surface area contributed by atoms with Gasteiger partial charge in [-0.3, -0.25) is 14.4 Å². The number of anilines is 1. The smallest absolute Gasteiger partial charge is 0.325 e. The number of urea groups is 1. The van der Waals surface area contributed by atoms with E-state index in [-0.39, 0.29) is 24.5 Å². The van der Waals surface area contributed by atoms with Crippen molar-refractivity contribution in [2.45, 2.75) is 73.0 Å². The zero-order valence-electron chi connectivity index (χ0n) is 28.1. The van der Waals surface area contributed by atoms with Gasteiger partial charge in [-0.15, -0.1) is 0 Å². The number of nitrogens with zero attached hydrogens (tertiary/aromatic N) is 2. The summed E-state index contributed by atoms with van der Waals surface area (Å²) in [5.41, 5.74) is 2.37. The lowest BCUT2D eigenvalue weighted by molar-refractivity contribution is -0.139. The molecule has 3 aliphatic heterocycles. The molecule has 0 aromatic heterocycles. The first kappa shape index (κ1) is 40.9. The van der Waals surface area contributed by atoms with Crippen molar-refractivity contribution in [3.63, 3.8) is 0 Å². The molecule has 47 heavy (non-hydrogen) atoms. The summed E-state index contributed by atoms with van der Waals surface area (Å²) in [7, 11) is 1.25. The van der Waals surface area contributed by atoms with Crippen molar-refractivity contribution in [3.8, 4) is 0 Å². The van der Waals surface area contributed by atoms with E-state index in [1.807, 2.05) is 96.2 Å². The minimum Gasteiger partial charge on any atom is -0.478 e. The lowest BCUT2D eigenvalue weighted by Gasteiger charge is -2.24. The number of epoxide rings is 1. The van der Waals surface area contributed by atoms with Crippen LogP contribution in [0.1, 0.15) is 72.5 Å². The summed E-state index contributed by atoms with van der Waals surface area (Å²) in [6.07, 6.45) is 7.39. The number of benzene rings is 2. The number of hydrogen-bond acceptors (Lipinski definition) is 6. The molecule has 2 N–H and O–H groups in total. The highest BCUT2D eigenvalue weighted by Crippen LogP contribution is 2.47. The monoisotopic (exact) mass is 688 g/mol. The van der Waals surface area contributed by atoms with Crippen molar-refractivity contribution in [3.05, 3.63) is 88.1 Å². The Morgan fingerprint density at radius 3 is 2.19 bits per heavy atom. The molecule has 2 aromatic carbocycles. The average Bonchev–Trinajstić information content (AvgIpc) is 3.68. The number of amides is 4. The van der Waals surface area contributed by atoms with Crippen LogP contribution in [-0.4, -0.2) is 60.7 Å². The number of carbonyl (C=O) groups is 4. The van der Waals surface area contributed by atoms with Crippen molar-refractivity contribution in [2.75, 3.05) is 25.5 Å². The van der Waals surface area contributed by atoms with Crippen LogP contribution in [-0.2, 0) is 23.9 Å². The van der Waals surface area contributed by atoms with Gasteiger partial charge < -0.3 is 25.0 Å². The van der Waals surface area contributed by atoms with Crippen molar-refractivity contribution < 1.29 is 28.7 Å². The molecule has 2 aromatic rings. The number of dihydropyridines is 1. The van der Waals surface area contributed by atoms with Crippen LogP contribution in [0.3, 0.4) is 0 Å². The van der Waals surface area contributed by atoms with Gasteiger partial charge in [0.2, 0.25) is 11.8 Å². The molecule has 0 spiro atoms. The van der Waals surface area contributed by atoms with Gasteiger partial charge in [0.25, 0.3) is 0 Å². The highest BCUT2D eigenvalue weighted by Gasteiger charge is 2.37. The lowest BCUT2D eigenvalue weighted by atomic mass is 10.1. The molecule has 0 radical (unpaired) electrons. The van der Waals surface area contributed by atoms with Gasteiger partial charge >= 0.3 is 12.0 Å². The maximum atomic E-state index is 12.3. The van der Waals surface area contributed by atoms with Gasteiger partial charge in [-0.25, -0.2) is 9.79 Å². The summed E-state index contributed by atoms with van der Waals surface area (Å²) in [5.74, 6) is 0.148. The van der Waals surface area contributed by atoms with Gasteiger partial charge in [-0.2, -0.15) is 0 Å². The molecule has 4 amide bonds. The number of carbonyl (C=O) groups excluding carboxylic acids is 4. The predicted molar refractivity (Wildman–Crippen MR) is 189 cm³/mol. The van der Waals surface area contributed by atoms with Crippen LogP contribution in [0, 0.1) is 0 Å². The van der Waals surface area contributed by atoms with E-state index < -0.39 is 18.0 Å². The number of aliphatic imine (C=N–C) groups is 1. The van der Waals surface area contributed by atoms with Crippen LogP contribution in [0.15, 0.2) is 77.5 Å². The molecule has 0 bridgehead atoms. The first-order valence-electron chi connectivity index (χ1n) is 15.6. The average molecular weight is 690 g/mol. The van der Waals surface area contributed by atoms with Crippen molar-refractivity contribution in [2.24, 2.45) is 4.99 Å². The number of para-hydroxylation sites is 1. The van der Waals surface area contributed by atoms with Crippen LogP contribution >= 0.6 is 23.2 Å². The van der Waals surface area contributed by atoms with Crippen molar-refractivity contribution >= 4 is 58.4 Å². The molecule has 2 saturated heterocycles. The number of ether oxygens (including phenoxy) is 2. The van der Waals surface area contributed by atoms with Gasteiger partial charge in [0.05, 0.1) is 7.11 Å². The second-order valence-electron chi connectivity index (χ2n) is 9.52. The molecule has 10 nitrogen and oxygen atoms in total. The molecule has 0 saturated carbocycles. The Kier molecular flexibility index (Phi) is 19.5. The summed E-state index contributed by atoms with van der Waals surface area (Å²) < 4.78 is 9.77. The lowest BCUT2D eigenvalue weighted by Crippen LogP contribution is -2.48. The molecule has 12 heteroatoms. The van der Waals surface area contributed by atoms with E-state index in [9.17, 15) is 19.2 Å². The van der Waals surface area contributed by atoms with Crippen LogP contribution in [0.2, 0.25) is 10.0 Å². The molecule has 256 valence electrons. The van der Waals surface area contributed by atoms with E-state index in [1.54, 1.807) is 12.1 Å². The van der Waals surface area contributed by atoms with E-state index in [0.29, 0.717) is 35.1 Å². The first-order chi connectivity index (χ1) is 22.6. The number of likely N-dealkylation sites (tertiary alicyclic amines) is 1. The minimum atomic E-state index is -0.530. The van der Waals surface area contributed by atoms with E-state index in [4.69, 9.17) is 27.9 Å². The van der Waals surface area contributed by atoms with Crippen molar-refractivity contribution in [1.29, 1.82) is 0 Å². The van der Waals surface area contributed by atoms with Crippen LogP contribution in [0.4, 0.5) is 10.5 Å². The third kappa shape index (κ3) is 14.0. The number of methoxy groups -OCH3 is 1. The third-order valence-corrected chi connectivity index (χ3v) is 7.08. The molecule has 3 heterocycles. The molecule has 2 fully saturated rings. The largest absolute Gasteiger partial charge is 0.478 e. The second-order valence-corrected chi connectivity index (χ2v) is 10.3. The topological polar surface area (TPSA) is 130 Å². The Morgan fingerprint density at radius 1 is 1.04 bits per heavy atom. The molecule has 2 atom stereocenters. The van der Waals surface area contributed by atoms with E-state index in [2.05, 4.69) is 20.4 Å². The zero-order chi connectivity index (χ0) is 35.4. The fraction of sp³-hybridized carbons (Fsp3) is 0.400. The standard InChI is InChI=1S/C15H19N3O4.C10H8Cl2O.C6H7NO.2C2H6/c1-22-13(19)10-16-15(21)18-9-5-8-12(18)14(20)17-11-6-3-2-4-7-11;1-2-8-10(13-8)9-6(11)4-3-5-7(9)12;1-5-3-2-4-6(8)7-5;2*1-2/h2-4,6-7,12H,5,8-10H2,1H3,(H,16,21)(H,17,20);2-5,10H,1H3;2-3H,4H2,1H3;2*1-2H3/b;8-2-;;;. The highest BCUT2D eigenvalue weighted by molar-refractivity contribution is 6.36. The number of esters is 1. The van der Waals surface area contributed by atoms with Gasteiger partial charge in [-0.05, 0) is 63.1 Å². The fourth-order valence-corrected chi connectivity index (χ4v) is 4.84. The quantitative estimate of drug-likeness (QED) is 0.242. The molecule has 2 unspecified atom stereocenters. The Hall–Kier alpha value is -4.15. The Labute approximate surface area is 288 Å². The molecule has 3 aliphatic rings. The number of halogens is 2. The summed E-state index contributed by atoms with van der Waals surface area (Å²) >= 11 is 12.0. The normalized spacial score (nSPS) is 17.7. The van der Waals surface area contributed by atoms with Crippen LogP contribution in [0.25, 0.3) is 0 Å². The number of rotatable bonds is 5. The fourth-order valence-electron chi connectivity index (χ4n) is 4.24. The van der Waals surface area contributed by atoms with Crippen molar-refractivity contribution in [1.82, 2.24) is 10.2 Å². The Bertz CT molecular complexity index is 1390. The number of nitrogens with one attached hydrogen (secondary N) is 2. The predicted octanol–water partition coefficient (Wildman–Crippen LogP) is 7.93. The minimum absolute atomic E-state index is 0.0220. The first-order valence-corrected chi connectivity index (χ1v) is 16.4. The number of allylic oxidation sites excluding steroid dienone is 2. The molecular weight excluding hydrogens is 643 g/mol. The van der Waals surface area contributed by atoms with Gasteiger partial charge in [-0.1, -0.05) is 81.2 Å². The van der Waals surface area contributed by atoms with E-state index in [1.165, 1.54) is 12.0 Å². The maximum absolute atomic E-state index is 12.3. The van der Waals surface area contributed by atoms with E-state index in [0.717, 1.165) is 23.5 Å². The van der Waals surface area contributed by atoms with Crippen LogP contribution < -0.4 is 10.6 Å². The SMILES string of the molecule is C/C=C1\OC1c1c(Cl)cccc1Cl.CC.CC.CC1=NC(=O)CC=C1.COC(=O)CNC(=O)N1CCCC1C(=O)Nc1ccccc1. The van der Waals surface area contributed by atoms with Crippen LogP contribution in [0.5, 0.6) is 0 Å². The summed E-state index contributed by atoms with van der Waals surface area (Å²) in [4.78, 5) is 51.0. The molecule has 0 aliphatic carbocycles. The van der Waals surface area contributed by atoms with Gasteiger partial charge in [0.1, 0.15) is 18.3 Å². The summed E-state index contributed by atoms with van der Waals surface area (Å²) in [6, 6.07) is 13.6. The highest BCUT2D eigenvalue weighted by atomic mass is 35.5. The van der Waals surface area contributed by atoms with Gasteiger partial charge in [0.15, 0.2) is 6.10 Å². The zero-order valence-corrected chi connectivity index (χ0v) is 29.7. The Morgan fingerprint density at radius 2 is 1.68 bits per heavy atom. The summed E-state index contributed by atoms with van der Waals surface area (Å²) in [6.45, 7) is 12.0. The molecular formula is C35H46Cl2N4O6. The number of hydrogen-bond donors (Lipinski definition) is 2. The maximum Gasteiger partial charge on any atom is 0.325 e. The van der Waals surface area contributed by atoms with Gasteiger partial charge in [0, 0.05) is 40.0 Å². The summed E-state index contributed by atoms with van der Waals surface area (Å²) in [5, 5.41) is 6.57. The molecule has 5 rings (SSSR count). The van der Waals surface area contributed by atoms with E-state index >= 15 is 0 Å². The third-order valence-electron chi connectivity index (χ3n) is 6.42. The Balaban J connectivity index is 0.000000372.